The zero-order chi connectivity index (χ0) is 12.5. The van der Waals surface area contributed by atoms with Gasteiger partial charge in [0.2, 0.25) is 0 Å². The SMILES string of the molecule is C=Cc1cccc(COCCCCC(C)=O)c1. The third-order valence-electron chi connectivity index (χ3n) is 2.52. The summed E-state index contributed by atoms with van der Waals surface area (Å²) in [6, 6.07) is 8.14. The van der Waals surface area contributed by atoms with Crippen LogP contribution in [-0.4, -0.2) is 12.4 Å². The van der Waals surface area contributed by atoms with Crippen molar-refractivity contribution in [3.63, 3.8) is 0 Å². The molecule has 0 aliphatic heterocycles. The standard InChI is InChI=1S/C15H20O2/c1-3-14-8-6-9-15(11-14)12-17-10-5-4-7-13(2)16/h3,6,8-9,11H,1,4-5,7,10,12H2,2H3. The van der Waals surface area contributed by atoms with Gasteiger partial charge in [0.05, 0.1) is 6.61 Å². The summed E-state index contributed by atoms with van der Waals surface area (Å²) in [7, 11) is 0. The molecule has 0 heterocycles. The fraction of sp³-hybridized carbons (Fsp3) is 0.400. The summed E-state index contributed by atoms with van der Waals surface area (Å²) < 4.78 is 5.56. The van der Waals surface area contributed by atoms with E-state index >= 15 is 0 Å². The summed E-state index contributed by atoms with van der Waals surface area (Å²) in [5, 5.41) is 0. The largest absolute Gasteiger partial charge is 0.377 e. The van der Waals surface area contributed by atoms with Gasteiger partial charge < -0.3 is 9.53 Å². The topological polar surface area (TPSA) is 26.3 Å². The summed E-state index contributed by atoms with van der Waals surface area (Å²) in [6.45, 7) is 6.70. The molecule has 1 rings (SSSR count). The van der Waals surface area contributed by atoms with Crippen LogP contribution in [0, 0.1) is 0 Å². The van der Waals surface area contributed by atoms with Gasteiger partial charge in [0, 0.05) is 13.0 Å². The Hall–Kier alpha value is -1.41. The molecule has 0 spiro atoms. The monoisotopic (exact) mass is 232 g/mol. The molecule has 2 nitrogen and oxygen atoms in total. The van der Waals surface area contributed by atoms with Gasteiger partial charge >= 0.3 is 0 Å². The number of ether oxygens (including phenoxy) is 1. The van der Waals surface area contributed by atoms with Gasteiger partial charge in [-0.25, -0.2) is 0 Å². The minimum atomic E-state index is 0.253. The molecule has 92 valence electrons. The van der Waals surface area contributed by atoms with E-state index in [1.165, 1.54) is 0 Å². The average Bonchev–Trinajstić information content (AvgIpc) is 2.33. The van der Waals surface area contributed by atoms with Crippen LogP contribution in [0.4, 0.5) is 0 Å². The van der Waals surface area contributed by atoms with Gasteiger partial charge in [-0.3, -0.25) is 0 Å². The number of hydrogen-bond donors (Lipinski definition) is 0. The van der Waals surface area contributed by atoms with Crippen molar-refractivity contribution in [1.29, 1.82) is 0 Å². The van der Waals surface area contributed by atoms with Crippen LogP contribution in [-0.2, 0) is 16.1 Å². The van der Waals surface area contributed by atoms with Crippen molar-refractivity contribution < 1.29 is 9.53 Å². The Morgan fingerprint density at radius 2 is 2.24 bits per heavy atom. The summed E-state index contributed by atoms with van der Waals surface area (Å²) in [5.74, 6) is 0.253. The van der Waals surface area contributed by atoms with E-state index in [-0.39, 0.29) is 5.78 Å². The summed E-state index contributed by atoms with van der Waals surface area (Å²) in [4.78, 5) is 10.7. The molecule has 0 aromatic heterocycles. The van der Waals surface area contributed by atoms with Gasteiger partial charge in [0.25, 0.3) is 0 Å². The Balaban J connectivity index is 2.17. The van der Waals surface area contributed by atoms with Crippen molar-refractivity contribution in [2.24, 2.45) is 0 Å². The summed E-state index contributed by atoms with van der Waals surface area (Å²) in [5.41, 5.74) is 2.27. The fourth-order valence-electron chi connectivity index (χ4n) is 1.58. The van der Waals surface area contributed by atoms with Crippen LogP contribution in [0.2, 0.25) is 0 Å². The number of ketones is 1. The molecule has 0 aliphatic rings. The molecule has 17 heavy (non-hydrogen) atoms. The van der Waals surface area contributed by atoms with Gasteiger partial charge in [0.1, 0.15) is 5.78 Å². The van der Waals surface area contributed by atoms with E-state index in [1.807, 2.05) is 24.3 Å². The van der Waals surface area contributed by atoms with Crippen molar-refractivity contribution in [1.82, 2.24) is 0 Å². The first kappa shape index (κ1) is 13.7. The molecule has 0 bridgehead atoms. The van der Waals surface area contributed by atoms with Crippen molar-refractivity contribution in [2.45, 2.75) is 32.8 Å². The molecular formula is C15H20O2. The lowest BCUT2D eigenvalue weighted by molar-refractivity contribution is -0.117. The lowest BCUT2D eigenvalue weighted by atomic mass is 10.1. The number of rotatable bonds is 8. The van der Waals surface area contributed by atoms with Crippen LogP contribution in [0.5, 0.6) is 0 Å². The molecule has 0 saturated carbocycles. The third kappa shape index (κ3) is 6.03. The average molecular weight is 232 g/mol. The van der Waals surface area contributed by atoms with Crippen LogP contribution in [0.1, 0.15) is 37.3 Å². The summed E-state index contributed by atoms with van der Waals surface area (Å²) in [6.07, 6.45) is 4.36. The van der Waals surface area contributed by atoms with Crippen molar-refractivity contribution in [3.8, 4) is 0 Å². The molecule has 0 fully saturated rings. The highest BCUT2D eigenvalue weighted by Gasteiger charge is 1.96. The van der Waals surface area contributed by atoms with E-state index in [1.54, 1.807) is 6.92 Å². The normalized spacial score (nSPS) is 10.2. The van der Waals surface area contributed by atoms with Crippen molar-refractivity contribution in [3.05, 3.63) is 42.0 Å². The van der Waals surface area contributed by atoms with Gasteiger partial charge in [-0.15, -0.1) is 0 Å². The van der Waals surface area contributed by atoms with Crippen LogP contribution in [0.25, 0.3) is 6.08 Å². The highest BCUT2D eigenvalue weighted by atomic mass is 16.5. The highest BCUT2D eigenvalue weighted by molar-refractivity contribution is 5.75. The van der Waals surface area contributed by atoms with E-state index in [0.717, 1.165) is 24.0 Å². The Bertz CT molecular complexity index is 369. The smallest absolute Gasteiger partial charge is 0.129 e. The number of unbranched alkanes of at least 4 members (excludes halogenated alkanes) is 1. The molecule has 1 aromatic carbocycles. The van der Waals surface area contributed by atoms with Gasteiger partial charge in [-0.2, -0.15) is 0 Å². The maximum atomic E-state index is 10.7. The molecule has 0 saturated heterocycles. The number of benzene rings is 1. The summed E-state index contributed by atoms with van der Waals surface area (Å²) >= 11 is 0. The van der Waals surface area contributed by atoms with Crippen LogP contribution < -0.4 is 0 Å². The number of carbonyl (C=O) groups is 1. The Labute approximate surface area is 103 Å². The second-order valence-electron chi connectivity index (χ2n) is 4.16. The number of carbonyl (C=O) groups excluding carboxylic acids is 1. The molecule has 0 amide bonds. The minimum Gasteiger partial charge on any atom is -0.377 e. The molecular weight excluding hydrogens is 212 g/mol. The van der Waals surface area contributed by atoms with E-state index in [2.05, 4.69) is 12.6 Å². The second kappa shape index (κ2) is 7.80. The first-order valence-corrected chi connectivity index (χ1v) is 6.01. The predicted molar refractivity (Wildman–Crippen MR) is 70.7 cm³/mol. The van der Waals surface area contributed by atoms with Crippen molar-refractivity contribution in [2.75, 3.05) is 6.61 Å². The van der Waals surface area contributed by atoms with E-state index in [0.29, 0.717) is 19.6 Å². The molecule has 0 radical (unpaired) electrons. The molecule has 0 unspecified atom stereocenters. The van der Waals surface area contributed by atoms with Crippen molar-refractivity contribution >= 4 is 11.9 Å². The zero-order valence-electron chi connectivity index (χ0n) is 10.4. The fourth-order valence-corrected chi connectivity index (χ4v) is 1.58. The highest BCUT2D eigenvalue weighted by Crippen LogP contribution is 2.08. The molecule has 0 atom stereocenters. The second-order valence-corrected chi connectivity index (χ2v) is 4.16. The lowest BCUT2D eigenvalue weighted by Crippen LogP contribution is -1.97. The zero-order valence-corrected chi connectivity index (χ0v) is 10.4. The van der Waals surface area contributed by atoms with E-state index in [4.69, 9.17) is 4.74 Å². The predicted octanol–water partition coefficient (Wildman–Crippen LogP) is 3.61. The van der Waals surface area contributed by atoms with Crippen LogP contribution in [0.3, 0.4) is 0 Å². The van der Waals surface area contributed by atoms with Crippen LogP contribution >= 0.6 is 0 Å². The number of hydrogen-bond acceptors (Lipinski definition) is 2. The molecule has 1 aromatic rings. The Morgan fingerprint density at radius 1 is 1.41 bits per heavy atom. The first-order valence-electron chi connectivity index (χ1n) is 6.01. The van der Waals surface area contributed by atoms with E-state index < -0.39 is 0 Å². The Kier molecular flexibility index (Phi) is 6.26. The van der Waals surface area contributed by atoms with Gasteiger partial charge in [-0.1, -0.05) is 30.9 Å². The van der Waals surface area contributed by atoms with Gasteiger partial charge in [0.15, 0.2) is 0 Å². The van der Waals surface area contributed by atoms with Gasteiger partial charge in [-0.05, 0) is 37.0 Å². The Morgan fingerprint density at radius 3 is 2.94 bits per heavy atom. The van der Waals surface area contributed by atoms with E-state index in [9.17, 15) is 4.79 Å². The third-order valence-corrected chi connectivity index (χ3v) is 2.52. The maximum Gasteiger partial charge on any atom is 0.129 e. The quantitative estimate of drug-likeness (QED) is 0.640. The first-order chi connectivity index (χ1) is 8.22. The maximum absolute atomic E-state index is 10.7. The minimum absolute atomic E-state index is 0.253. The molecule has 0 aliphatic carbocycles. The lowest BCUT2D eigenvalue weighted by Gasteiger charge is -2.04. The van der Waals surface area contributed by atoms with Crippen LogP contribution in [0.15, 0.2) is 30.8 Å². The molecule has 0 N–H and O–H groups in total. The number of Topliss-reactive ketones (excluding diaryl/α,β-unsaturated/α-hetero) is 1. The molecule has 2 heteroatoms.